The number of benzene rings is 1. The molecule has 1 saturated carbocycles. The monoisotopic (exact) mass is 333 g/mol. The van der Waals surface area contributed by atoms with Gasteiger partial charge in [-0.05, 0) is 38.1 Å². The summed E-state index contributed by atoms with van der Waals surface area (Å²) in [6, 6.07) is 5.61. The molecule has 3 atom stereocenters. The third-order valence-corrected chi connectivity index (χ3v) is 6.54. The van der Waals surface area contributed by atoms with Crippen LogP contribution in [0, 0.1) is 0 Å². The molecule has 0 spiro atoms. The van der Waals surface area contributed by atoms with E-state index in [2.05, 4.69) is 5.32 Å². The minimum Gasteiger partial charge on any atom is -0.316 e. The van der Waals surface area contributed by atoms with Crippen molar-refractivity contribution in [2.75, 3.05) is 7.05 Å². The van der Waals surface area contributed by atoms with Gasteiger partial charge >= 0.3 is 0 Å². The van der Waals surface area contributed by atoms with Crippen molar-refractivity contribution in [3.63, 3.8) is 0 Å². The van der Waals surface area contributed by atoms with E-state index in [1.54, 1.807) is 12.1 Å². The van der Waals surface area contributed by atoms with Crippen molar-refractivity contribution in [2.45, 2.75) is 54.7 Å². The van der Waals surface area contributed by atoms with Crippen molar-refractivity contribution in [2.24, 2.45) is 0 Å². The molecule has 20 heavy (non-hydrogen) atoms. The summed E-state index contributed by atoms with van der Waals surface area (Å²) in [5, 5.41) is 4.48. The van der Waals surface area contributed by atoms with Gasteiger partial charge in [-0.2, -0.15) is 0 Å². The molecule has 0 amide bonds. The number of rotatable bonds is 3. The Morgan fingerprint density at radius 3 is 2.45 bits per heavy atom. The van der Waals surface area contributed by atoms with Gasteiger partial charge in [0.05, 0.1) is 26.1 Å². The van der Waals surface area contributed by atoms with E-state index in [0.29, 0.717) is 16.1 Å². The Morgan fingerprint density at radius 1 is 1.10 bits per heavy atom. The Kier molecular flexibility index (Phi) is 6.34. The number of nitrogens with one attached hydrogen (secondary N) is 1. The first kappa shape index (κ1) is 16.3. The van der Waals surface area contributed by atoms with Gasteiger partial charge in [0.15, 0.2) is 0 Å². The van der Waals surface area contributed by atoms with E-state index >= 15 is 0 Å². The first-order valence-electron chi connectivity index (χ1n) is 7.16. The van der Waals surface area contributed by atoms with Crippen molar-refractivity contribution < 1.29 is 4.21 Å². The molecule has 0 radical (unpaired) electrons. The third-order valence-electron chi connectivity index (χ3n) is 3.97. The first-order valence-corrected chi connectivity index (χ1v) is 9.13. The van der Waals surface area contributed by atoms with E-state index in [1.807, 2.05) is 13.1 Å². The maximum atomic E-state index is 12.9. The molecule has 2 rings (SSSR count). The van der Waals surface area contributed by atoms with Gasteiger partial charge in [-0.15, -0.1) is 0 Å². The van der Waals surface area contributed by atoms with Crippen LogP contribution in [0.1, 0.15) is 38.5 Å². The minimum absolute atomic E-state index is 0.151. The van der Waals surface area contributed by atoms with Gasteiger partial charge in [0.2, 0.25) is 0 Å². The number of hydrogen-bond acceptors (Lipinski definition) is 2. The molecule has 1 aliphatic rings. The van der Waals surface area contributed by atoms with E-state index in [4.69, 9.17) is 23.2 Å². The predicted molar refractivity (Wildman–Crippen MR) is 87.2 cm³/mol. The van der Waals surface area contributed by atoms with Gasteiger partial charge in [-0.3, -0.25) is 4.21 Å². The molecule has 2 nitrogen and oxygen atoms in total. The van der Waals surface area contributed by atoms with Crippen molar-refractivity contribution in [3.8, 4) is 0 Å². The molecular weight excluding hydrogens is 313 g/mol. The molecule has 1 aromatic rings. The molecule has 0 aliphatic heterocycles. The largest absolute Gasteiger partial charge is 0.316 e. The highest BCUT2D eigenvalue weighted by atomic mass is 35.5. The summed E-state index contributed by atoms with van der Waals surface area (Å²) in [6.07, 6.45) is 6.97. The highest BCUT2D eigenvalue weighted by Gasteiger charge is 2.27. The van der Waals surface area contributed by atoms with E-state index in [0.717, 1.165) is 24.2 Å². The summed E-state index contributed by atoms with van der Waals surface area (Å²) in [5.41, 5.74) is 0. The quantitative estimate of drug-likeness (QED) is 0.887. The molecule has 112 valence electrons. The maximum absolute atomic E-state index is 12.9. The molecule has 0 aromatic heterocycles. The van der Waals surface area contributed by atoms with E-state index in [-0.39, 0.29) is 5.25 Å². The van der Waals surface area contributed by atoms with Gasteiger partial charge in [0.25, 0.3) is 0 Å². The fourth-order valence-corrected chi connectivity index (χ4v) is 4.91. The molecule has 0 heterocycles. The Hall–Kier alpha value is -0.0900. The molecular formula is C15H21Cl2NOS. The van der Waals surface area contributed by atoms with Gasteiger partial charge in [-0.25, -0.2) is 0 Å². The lowest BCUT2D eigenvalue weighted by molar-refractivity contribution is 0.414. The summed E-state index contributed by atoms with van der Waals surface area (Å²) in [5.74, 6) is 0. The molecule has 1 fully saturated rings. The average Bonchev–Trinajstić information content (AvgIpc) is 2.41. The van der Waals surface area contributed by atoms with Crippen LogP contribution in [0.3, 0.4) is 0 Å². The SMILES string of the molecule is CNC1CCCCCCC1S(=O)c1ccc(Cl)c(Cl)c1. The van der Waals surface area contributed by atoms with Crippen LogP contribution in [-0.2, 0) is 10.8 Å². The summed E-state index contributed by atoms with van der Waals surface area (Å²) in [7, 11) is 0.921. The molecule has 0 bridgehead atoms. The second-order valence-electron chi connectivity index (χ2n) is 5.30. The van der Waals surface area contributed by atoms with Crippen LogP contribution in [0.5, 0.6) is 0 Å². The average molecular weight is 334 g/mol. The van der Waals surface area contributed by atoms with Gasteiger partial charge in [0.1, 0.15) is 0 Å². The highest BCUT2D eigenvalue weighted by Crippen LogP contribution is 2.29. The molecule has 3 unspecified atom stereocenters. The predicted octanol–water partition coefficient (Wildman–Crippen LogP) is 4.41. The van der Waals surface area contributed by atoms with Gasteiger partial charge < -0.3 is 5.32 Å². The van der Waals surface area contributed by atoms with Crippen molar-refractivity contribution in [1.82, 2.24) is 5.32 Å². The van der Waals surface area contributed by atoms with Crippen LogP contribution in [-0.4, -0.2) is 22.5 Å². The summed E-state index contributed by atoms with van der Waals surface area (Å²) in [4.78, 5) is 0.783. The third kappa shape index (κ3) is 3.97. The molecule has 0 saturated heterocycles. The zero-order valence-corrected chi connectivity index (χ0v) is 14.0. The van der Waals surface area contributed by atoms with Gasteiger partial charge in [0, 0.05) is 10.9 Å². The van der Waals surface area contributed by atoms with Crippen LogP contribution < -0.4 is 5.32 Å². The Labute approximate surface area is 133 Å². The number of halogens is 2. The Bertz CT molecular complexity index is 481. The van der Waals surface area contributed by atoms with Crippen LogP contribution >= 0.6 is 23.2 Å². The van der Waals surface area contributed by atoms with Crippen molar-refractivity contribution >= 4 is 34.0 Å². The van der Waals surface area contributed by atoms with Crippen LogP contribution in [0.25, 0.3) is 0 Å². The normalized spacial score (nSPS) is 25.8. The zero-order chi connectivity index (χ0) is 14.5. The highest BCUT2D eigenvalue weighted by molar-refractivity contribution is 7.85. The number of hydrogen-bond donors (Lipinski definition) is 1. The fraction of sp³-hybridized carbons (Fsp3) is 0.600. The van der Waals surface area contributed by atoms with E-state index in [9.17, 15) is 4.21 Å². The van der Waals surface area contributed by atoms with Crippen LogP contribution in [0.15, 0.2) is 23.1 Å². The first-order chi connectivity index (χ1) is 9.63. The summed E-state index contributed by atoms with van der Waals surface area (Å²) in [6.45, 7) is 0. The lowest BCUT2D eigenvalue weighted by atomic mass is 9.96. The smallest absolute Gasteiger partial charge is 0.0604 e. The molecule has 1 N–H and O–H groups in total. The Balaban J connectivity index is 2.20. The second kappa shape index (κ2) is 7.79. The Morgan fingerprint density at radius 2 is 1.80 bits per heavy atom. The van der Waals surface area contributed by atoms with E-state index < -0.39 is 10.8 Å². The van der Waals surface area contributed by atoms with Crippen LogP contribution in [0.4, 0.5) is 0 Å². The summed E-state index contributed by atoms with van der Waals surface area (Å²) < 4.78 is 12.9. The van der Waals surface area contributed by atoms with Gasteiger partial charge in [-0.1, -0.05) is 48.9 Å². The summed E-state index contributed by atoms with van der Waals surface area (Å²) >= 11 is 12.0. The molecule has 5 heteroatoms. The fourth-order valence-electron chi connectivity index (χ4n) is 2.81. The lowest BCUT2D eigenvalue weighted by Gasteiger charge is -2.28. The topological polar surface area (TPSA) is 29.1 Å². The lowest BCUT2D eigenvalue weighted by Crippen LogP contribution is -2.41. The zero-order valence-electron chi connectivity index (χ0n) is 11.7. The molecule has 1 aromatic carbocycles. The maximum Gasteiger partial charge on any atom is 0.0604 e. The van der Waals surface area contributed by atoms with Crippen LogP contribution in [0.2, 0.25) is 10.0 Å². The second-order valence-corrected chi connectivity index (χ2v) is 7.78. The minimum atomic E-state index is -1.04. The van der Waals surface area contributed by atoms with Crippen molar-refractivity contribution in [3.05, 3.63) is 28.2 Å². The van der Waals surface area contributed by atoms with Crippen molar-refractivity contribution in [1.29, 1.82) is 0 Å². The molecule has 1 aliphatic carbocycles. The standard InChI is InChI=1S/C15H21Cl2NOS/c1-18-14-6-4-2-3-5-7-15(14)20(19)11-8-9-12(16)13(17)10-11/h8-10,14-15,18H,2-7H2,1H3. The van der Waals surface area contributed by atoms with E-state index in [1.165, 1.54) is 19.3 Å².